The van der Waals surface area contributed by atoms with E-state index in [1.165, 1.54) is 12.1 Å². The summed E-state index contributed by atoms with van der Waals surface area (Å²) in [7, 11) is 0. The van der Waals surface area contributed by atoms with Crippen molar-refractivity contribution in [2.75, 3.05) is 5.43 Å². The lowest BCUT2D eigenvalue weighted by Crippen LogP contribution is -2.07. The van der Waals surface area contributed by atoms with Gasteiger partial charge in [-0.25, -0.2) is 0 Å². The van der Waals surface area contributed by atoms with Crippen LogP contribution < -0.4 is 5.43 Å². The minimum atomic E-state index is -0.701. The van der Waals surface area contributed by atoms with E-state index < -0.39 is 15.5 Å². The van der Waals surface area contributed by atoms with E-state index in [9.17, 15) is 20.2 Å². The predicted octanol–water partition coefficient (Wildman–Crippen LogP) is 3.58. The van der Waals surface area contributed by atoms with Crippen molar-refractivity contribution in [1.29, 1.82) is 0 Å². The van der Waals surface area contributed by atoms with Crippen LogP contribution in [-0.4, -0.2) is 15.6 Å². The van der Waals surface area contributed by atoms with Crippen molar-refractivity contribution >= 4 is 34.4 Å². The van der Waals surface area contributed by atoms with Crippen LogP contribution in [0.15, 0.2) is 34.4 Å². The first-order valence-electron chi connectivity index (χ1n) is 6.10. The fraction of sp³-hybridized carbons (Fsp3) is 0.250. The van der Waals surface area contributed by atoms with Crippen LogP contribution in [0.4, 0.5) is 17.1 Å². The van der Waals surface area contributed by atoms with Gasteiger partial charge < -0.3 is 0 Å². The minimum Gasteiger partial charge on any atom is -0.271 e. The van der Waals surface area contributed by atoms with Crippen molar-refractivity contribution in [3.05, 3.63) is 49.5 Å². The lowest BCUT2D eigenvalue weighted by molar-refractivity contribution is -0.393. The standard InChI is InChI=1S/C12H11ClN4O4/c13-9-3-1-2-4-10(9)14-15-11-6-5-8(16(18)19)7-12(11)17(20)21/h3,5-7,15H,1-2,4H2. The quantitative estimate of drug-likeness (QED) is 0.675. The van der Waals surface area contributed by atoms with Crippen LogP contribution in [-0.2, 0) is 0 Å². The summed E-state index contributed by atoms with van der Waals surface area (Å²) in [5, 5.41) is 26.2. The van der Waals surface area contributed by atoms with Gasteiger partial charge in [-0.05, 0) is 25.3 Å². The monoisotopic (exact) mass is 310 g/mol. The first kappa shape index (κ1) is 14.9. The van der Waals surface area contributed by atoms with Crippen LogP contribution >= 0.6 is 11.6 Å². The second-order valence-corrected chi connectivity index (χ2v) is 4.74. The van der Waals surface area contributed by atoms with Crippen LogP contribution in [0.25, 0.3) is 0 Å². The molecule has 1 aromatic rings. The zero-order valence-corrected chi connectivity index (χ0v) is 11.5. The summed E-state index contributed by atoms with van der Waals surface area (Å²) in [6.07, 6.45) is 4.27. The topological polar surface area (TPSA) is 111 Å². The van der Waals surface area contributed by atoms with Crippen molar-refractivity contribution in [2.45, 2.75) is 19.3 Å². The Morgan fingerprint density at radius 3 is 2.62 bits per heavy atom. The van der Waals surface area contributed by atoms with Gasteiger partial charge in [0.25, 0.3) is 5.69 Å². The molecule has 0 spiro atoms. The Kier molecular flexibility index (Phi) is 4.49. The molecule has 0 aromatic heterocycles. The maximum Gasteiger partial charge on any atom is 0.301 e. The molecule has 0 atom stereocenters. The van der Waals surface area contributed by atoms with E-state index in [2.05, 4.69) is 10.5 Å². The third kappa shape index (κ3) is 3.54. The highest BCUT2D eigenvalue weighted by Crippen LogP contribution is 2.29. The van der Waals surface area contributed by atoms with Crippen molar-refractivity contribution < 1.29 is 9.85 Å². The largest absolute Gasteiger partial charge is 0.301 e. The molecule has 0 saturated carbocycles. The number of nitrogens with one attached hydrogen (secondary N) is 1. The van der Waals surface area contributed by atoms with Crippen LogP contribution in [0.1, 0.15) is 19.3 Å². The second kappa shape index (κ2) is 6.31. The molecule has 1 aromatic carbocycles. The van der Waals surface area contributed by atoms with Crippen LogP contribution in [0, 0.1) is 20.2 Å². The number of non-ortho nitro benzene ring substituents is 1. The van der Waals surface area contributed by atoms with Gasteiger partial charge in [0, 0.05) is 6.07 Å². The van der Waals surface area contributed by atoms with Crippen molar-refractivity contribution in [1.82, 2.24) is 0 Å². The van der Waals surface area contributed by atoms with E-state index in [-0.39, 0.29) is 11.4 Å². The number of allylic oxidation sites excluding steroid dienone is 2. The molecular weight excluding hydrogens is 300 g/mol. The lowest BCUT2D eigenvalue weighted by atomic mass is 10.1. The Hall–Kier alpha value is -2.48. The zero-order chi connectivity index (χ0) is 15.4. The van der Waals surface area contributed by atoms with E-state index in [0.29, 0.717) is 17.2 Å². The maximum atomic E-state index is 11.0. The van der Waals surface area contributed by atoms with Gasteiger partial charge in [0.15, 0.2) is 0 Å². The van der Waals surface area contributed by atoms with Crippen LogP contribution in [0.5, 0.6) is 0 Å². The molecule has 0 radical (unpaired) electrons. The number of nitrogens with zero attached hydrogens (tertiary/aromatic N) is 3. The lowest BCUT2D eigenvalue weighted by Gasteiger charge is -2.10. The number of anilines is 1. The number of nitro groups is 2. The summed E-state index contributed by atoms with van der Waals surface area (Å²) in [5.41, 5.74) is 2.48. The molecule has 0 amide bonds. The average molecular weight is 311 g/mol. The fourth-order valence-corrected chi connectivity index (χ4v) is 2.10. The van der Waals surface area contributed by atoms with Gasteiger partial charge in [0.2, 0.25) is 0 Å². The Morgan fingerprint density at radius 2 is 2.00 bits per heavy atom. The summed E-state index contributed by atoms with van der Waals surface area (Å²) in [6.45, 7) is 0. The molecule has 0 heterocycles. The molecule has 1 N–H and O–H groups in total. The molecule has 110 valence electrons. The average Bonchev–Trinajstić information content (AvgIpc) is 2.46. The Morgan fingerprint density at radius 1 is 1.24 bits per heavy atom. The summed E-state index contributed by atoms with van der Waals surface area (Å²) in [4.78, 5) is 20.2. The first-order valence-corrected chi connectivity index (χ1v) is 6.48. The SMILES string of the molecule is O=[N+]([O-])c1ccc(NN=C2CCCC=C2Cl)c([N+](=O)[O-])c1. The smallest absolute Gasteiger partial charge is 0.271 e. The molecular formula is C12H11ClN4O4. The Labute approximate surface area is 124 Å². The number of hydrogen-bond donors (Lipinski definition) is 1. The highest BCUT2D eigenvalue weighted by molar-refractivity contribution is 6.43. The van der Waals surface area contributed by atoms with Gasteiger partial charge in [-0.3, -0.25) is 25.7 Å². The second-order valence-electron chi connectivity index (χ2n) is 4.33. The van der Waals surface area contributed by atoms with E-state index in [1.807, 2.05) is 6.08 Å². The Bertz CT molecular complexity index is 657. The van der Waals surface area contributed by atoms with Crippen LogP contribution in [0.2, 0.25) is 0 Å². The Balaban J connectivity index is 2.29. The summed E-state index contributed by atoms with van der Waals surface area (Å²) < 4.78 is 0. The van der Waals surface area contributed by atoms with Crippen molar-refractivity contribution in [3.8, 4) is 0 Å². The summed E-state index contributed by atoms with van der Waals surface area (Å²) >= 11 is 5.99. The molecule has 0 aliphatic heterocycles. The molecule has 9 heteroatoms. The fourth-order valence-electron chi connectivity index (χ4n) is 1.85. The van der Waals surface area contributed by atoms with Crippen molar-refractivity contribution in [3.63, 3.8) is 0 Å². The molecule has 1 aliphatic rings. The molecule has 2 rings (SSSR count). The maximum absolute atomic E-state index is 11.0. The summed E-state index contributed by atoms with van der Waals surface area (Å²) in [6, 6.07) is 3.31. The minimum absolute atomic E-state index is 0.0770. The summed E-state index contributed by atoms with van der Waals surface area (Å²) in [5.74, 6) is 0. The molecule has 8 nitrogen and oxygen atoms in total. The van der Waals surface area contributed by atoms with Gasteiger partial charge in [0.1, 0.15) is 5.69 Å². The van der Waals surface area contributed by atoms with Gasteiger partial charge in [-0.2, -0.15) is 5.10 Å². The van der Waals surface area contributed by atoms with E-state index in [1.54, 1.807) is 0 Å². The predicted molar refractivity (Wildman–Crippen MR) is 78.6 cm³/mol. The van der Waals surface area contributed by atoms with E-state index in [0.717, 1.165) is 18.9 Å². The molecule has 21 heavy (non-hydrogen) atoms. The van der Waals surface area contributed by atoms with Gasteiger partial charge in [-0.15, -0.1) is 0 Å². The van der Waals surface area contributed by atoms with Gasteiger partial charge in [-0.1, -0.05) is 17.7 Å². The van der Waals surface area contributed by atoms with E-state index in [4.69, 9.17) is 11.6 Å². The number of halogens is 1. The highest BCUT2D eigenvalue weighted by Gasteiger charge is 2.19. The number of rotatable bonds is 4. The highest BCUT2D eigenvalue weighted by atomic mass is 35.5. The van der Waals surface area contributed by atoms with Gasteiger partial charge >= 0.3 is 5.69 Å². The van der Waals surface area contributed by atoms with E-state index >= 15 is 0 Å². The first-order chi connectivity index (χ1) is 9.99. The molecule has 0 unspecified atom stereocenters. The zero-order valence-electron chi connectivity index (χ0n) is 10.8. The van der Waals surface area contributed by atoms with Crippen molar-refractivity contribution in [2.24, 2.45) is 5.10 Å². The molecule has 0 saturated heterocycles. The third-order valence-electron chi connectivity index (χ3n) is 2.92. The molecule has 0 bridgehead atoms. The van der Waals surface area contributed by atoms with Crippen LogP contribution in [0.3, 0.4) is 0 Å². The number of hydrazone groups is 1. The third-order valence-corrected chi connectivity index (χ3v) is 3.29. The number of benzene rings is 1. The number of hydrogen-bond acceptors (Lipinski definition) is 6. The normalized spacial score (nSPS) is 16.4. The molecule has 0 fully saturated rings. The van der Waals surface area contributed by atoms with Gasteiger partial charge in [0.05, 0.1) is 26.7 Å². The molecule has 1 aliphatic carbocycles. The number of nitro benzene ring substituents is 2.